The van der Waals surface area contributed by atoms with Crippen LogP contribution in [0.2, 0.25) is 0 Å². The van der Waals surface area contributed by atoms with Crippen LogP contribution in [0.3, 0.4) is 0 Å². The van der Waals surface area contributed by atoms with Crippen LogP contribution in [0.4, 0.5) is 5.69 Å². The van der Waals surface area contributed by atoms with Gasteiger partial charge in [-0.15, -0.1) is 21.5 Å². The zero-order valence-electron chi connectivity index (χ0n) is 67.7. The van der Waals surface area contributed by atoms with Gasteiger partial charge in [0.15, 0.2) is 5.78 Å². The second-order valence-electron chi connectivity index (χ2n) is 27.6. The maximum Gasteiger partial charge on any atom is 0.193 e. The lowest BCUT2D eigenvalue weighted by Crippen LogP contribution is -2.02. The standard InChI is InChI=1S/C17H23N3O.C15H19N3O.C14H12O.C14H14.C13H12O.C11H14O2.C7H7N3.C6H8S/c1-14-8-10-16(11-9-14)17-13-20(19-18-17)12-6-4-3-5-7-15(2)21;1-12-6-8-14(9-7-12)15-11-18(17-16-15)10-4-3-5-13(2)19;1-11-7-9-13(10-8-11)14(15)12-5-3-2-4-6-12;1-11-3-7-13(8-4-11)14-9-5-12(2)6-10-14;1-11-7-9-13(10-8-11)14-12-5-3-2-4-6-12;1-9-3-5-11(6-4-9)13-8-7-10(2)12;1-6-2-4-7(5-3-6)9-10-8;1-2-6-4-3-5-7-6/h8-11,13H,3-7,12H2,1-2H3;6-9,11H,3-5,10H2,1-2H3;2-10H,1H3;3-10H,1-2H3;2-10H,1H3;3-6H,7-8H2,1-2H3;2-5H,1H3;3-5H,2H2,1H3. The van der Waals surface area contributed by atoms with Crippen LogP contribution >= 0.6 is 11.3 Å². The minimum absolute atomic E-state index is 0.0793. The minimum Gasteiger partial charge on any atom is -0.493 e. The first-order valence-corrected chi connectivity index (χ1v) is 39.4. The van der Waals surface area contributed by atoms with Crippen molar-refractivity contribution in [1.82, 2.24) is 30.0 Å². The van der Waals surface area contributed by atoms with Crippen LogP contribution in [0.25, 0.3) is 44.1 Å². The van der Waals surface area contributed by atoms with Crippen molar-refractivity contribution in [2.45, 2.75) is 160 Å². The molecule has 3 aromatic heterocycles. The average molecular weight is 1530 g/mol. The molecule has 0 radical (unpaired) electrons. The van der Waals surface area contributed by atoms with Gasteiger partial charge in [-0.25, -0.2) is 0 Å². The fourth-order valence-corrected chi connectivity index (χ4v) is 11.1. The van der Waals surface area contributed by atoms with Crippen LogP contribution in [-0.4, -0.2) is 59.7 Å². The quantitative estimate of drug-likeness (QED) is 0.0174. The summed E-state index contributed by atoms with van der Waals surface area (Å²) in [6.07, 6.45) is 13.2. The number of aromatic nitrogens is 6. The molecule has 0 aliphatic carbocycles. The lowest BCUT2D eigenvalue weighted by atomic mass is 10.0. The zero-order chi connectivity index (χ0) is 81.4. The van der Waals surface area contributed by atoms with Crippen molar-refractivity contribution >= 4 is 40.2 Å². The van der Waals surface area contributed by atoms with Crippen LogP contribution in [-0.2, 0) is 33.9 Å². The number of carbonyl (C=O) groups is 4. The highest BCUT2D eigenvalue weighted by Crippen LogP contribution is 2.24. The van der Waals surface area contributed by atoms with Crippen LogP contribution in [0.15, 0.2) is 290 Å². The topological polar surface area (TPSA) is 197 Å². The number of carbonyl (C=O) groups excluding carboxylic acids is 4. The fraction of sp³-hybridized carbons (Fsp3) is 0.258. The summed E-state index contributed by atoms with van der Waals surface area (Å²) in [5, 5.41) is 22.2. The van der Waals surface area contributed by atoms with Crippen molar-refractivity contribution in [1.29, 1.82) is 0 Å². The molecule has 0 aliphatic heterocycles. The summed E-state index contributed by atoms with van der Waals surface area (Å²) in [7, 11) is 0. The lowest BCUT2D eigenvalue weighted by Gasteiger charge is -2.04. The van der Waals surface area contributed by atoms with E-state index in [1.165, 1.54) is 61.4 Å². The number of ether oxygens (including phenoxy) is 2. The maximum absolute atomic E-state index is 12.0. The number of aryl methyl sites for hydroxylation is 11. The number of ketones is 4. The molecule has 0 aliphatic rings. The second kappa shape index (κ2) is 51.3. The van der Waals surface area contributed by atoms with Crippen LogP contribution in [0.5, 0.6) is 17.2 Å². The molecular weight excluding hydrogens is 1420 g/mol. The number of benzene rings is 10. The highest BCUT2D eigenvalue weighted by atomic mass is 32.1. The number of azide groups is 1. The van der Waals surface area contributed by atoms with Crippen molar-refractivity contribution in [2.24, 2.45) is 5.11 Å². The Bertz CT molecular complexity index is 4830. The Hall–Kier alpha value is -12.2. The molecule has 113 heavy (non-hydrogen) atoms. The van der Waals surface area contributed by atoms with E-state index in [0.717, 1.165) is 108 Å². The van der Waals surface area contributed by atoms with Crippen molar-refractivity contribution in [2.75, 3.05) is 6.61 Å². The summed E-state index contributed by atoms with van der Waals surface area (Å²) in [6.45, 7) is 25.6. The summed E-state index contributed by atoms with van der Waals surface area (Å²) in [4.78, 5) is 48.4. The first-order valence-electron chi connectivity index (χ1n) is 38.5. The van der Waals surface area contributed by atoms with Gasteiger partial charge in [0.1, 0.15) is 46.0 Å². The van der Waals surface area contributed by atoms with Gasteiger partial charge >= 0.3 is 0 Å². The van der Waals surface area contributed by atoms with Gasteiger partial charge in [-0.3, -0.25) is 19.0 Å². The van der Waals surface area contributed by atoms with E-state index in [1.807, 2.05) is 199 Å². The summed E-state index contributed by atoms with van der Waals surface area (Å²) >= 11 is 1.82. The molecule has 0 saturated carbocycles. The molecule has 0 amide bonds. The van der Waals surface area contributed by atoms with Gasteiger partial charge in [-0.05, 0) is 173 Å². The van der Waals surface area contributed by atoms with Crippen molar-refractivity contribution in [3.63, 3.8) is 0 Å². The third-order valence-electron chi connectivity index (χ3n) is 17.3. The number of unbranched alkanes of at least 4 members (excludes halogenated alkanes) is 4. The molecule has 0 N–H and O–H groups in total. The Morgan fingerprint density at radius 1 is 0.389 bits per heavy atom. The second-order valence-corrected chi connectivity index (χ2v) is 28.6. The molecule has 10 aromatic carbocycles. The molecule has 13 rings (SSSR count). The van der Waals surface area contributed by atoms with Gasteiger partial charge in [0, 0.05) is 70.1 Å². The number of rotatable bonds is 25. The summed E-state index contributed by atoms with van der Waals surface area (Å²) in [5.74, 6) is 3.35. The van der Waals surface area contributed by atoms with Gasteiger partial charge in [-0.1, -0.05) is 304 Å². The Morgan fingerprint density at radius 3 is 1.14 bits per heavy atom. The number of thiophene rings is 1. The molecule has 16 heteroatoms. The summed E-state index contributed by atoms with van der Waals surface area (Å²) in [6, 6.07) is 88.1. The Labute approximate surface area is 673 Å². The van der Waals surface area contributed by atoms with Gasteiger partial charge < -0.3 is 19.1 Å². The predicted octanol–water partition coefficient (Wildman–Crippen LogP) is 25.4. The zero-order valence-corrected chi connectivity index (χ0v) is 68.5. The SMILES string of the molecule is CC(=O)CCCCCCn1cc(-c2ccc(C)cc2)nn1.CC(=O)CCCCn1cc(-c2ccc(C)cc2)nn1.CC(=O)CCOc1ccc(C)cc1.CCc1cccs1.Cc1ccc(-c2ccc(C)cc2)cc1.Cc1ccc(C(=O)c2ccccc2)cc1.Cc1ccc(N=[N+]=[N-])cc1.Cc1ccc(Oc2ccccc2)cc1. The maximum atomic E-state index is 12.0. The predicted molar refractivity (Wildman–Crippen MR) is 464 cm³/mol. The molecule has 584 valence electrons. The third-order valence-corrected chi connectivity index (χ3v) is 18.3. The van der Waals surface area contributed by atoms with E-state index >= 15 is 0 Å². The number of nitrogens with zero attached hydrogens (tertiary/aromatic N) is 9. The van der Waals surface area contributed by atoms with E-state index in [1.54, 1.807) is 32.9 Å². The Morgan fingerprint density at radius 2 is 0.743 bits per heavy atom. The van der Waals surface area contributed by atoms with E-state index in [9.17, 15) is 19.2 Å². The van der Waals surface area contributed by atoms with E-state index in [0.29, 0.717) is 31.6 Å². The first kappa shape index (κ1) is 89.7. The van der Waals surface area contributed by atoms with Gasteiger partial charge in [0.05, 0.1) is 19.0 Å². The molecule has 3 heterocycles. The van der Waals surface area contributed by atoms with Crippen LogP contribution < -0.4 is 9.47 Å². The highest BCUT2D eigenvalue weighted by Gasteiger charge is 2.09. The number of hydrogen-bond donors (Lipinski definition) is 0. The van der Waals surface area contributed by atoms with E-state index in [2.05, 4.69) is 187 Å². The number of hydrogen-bond acceptors (Lipinski definition) is 12. The third kappa shape index (κ3) is 37.4. The van der Waals surface area contributed by atoms with Gasteiger partial charge in [-0.2, -0.15) is 0 Å². The molecule has 0 atom stereocenters. The van der Waals surface area contributed by atoms with Crippen molar-refractivity contribution in [3.05, 3.63) is 356 Å². The number of para-hydroxylation sites is 1. The largest absolute Gasteiger partial charge is 0.493 e. The first-order chi connectivity index (χ1) is 54.6. The van der Waals surface area contributed by atoms with Crippen molar-refractivity contribution in [3.8, 4) is 50.9 Å². The van der Waals surface area contributed by atoms with Crippen LogP contribution in [0, 0.1) is 55.4 Å². The molecule has 15 nitrogen and oxygen atoms in total. The van der Waals surface area contributed by atoms with E-state index in [4.69, 9.17) is 15.0 Å². The summed E-state index contributed by atoms with van der Waals surface area (Å²) in [5.41, 5.74) is 26.6. The molecule has 0 saturated heterocycles. The fourth-order valence-electron chi connectivity index (χ4n) is 10.5. The van der Waals surface area contributed by atoms with E-state index in [-0.39, 0.29) is 23.1 Å². The monoisotopic (exact) mass is 1530 g/mol. The smallest absolute Gasteiger partial charge is 0.193 e. The normalized spacial score (nSPS) is 10.0. The molecule has 0 bridgehead atoms. The van der Waals surface area contributed by atoms with Crippen molar-refractivity contribution < 1.29 is 28.7 Å². The Kier molecular flexibility index (Phi) is 40.7. The average Bonchev–Trinajstić information content (AvgIpc) is 1.11. The molecule has 13 aromatic rings. The minimum atomic E-state index is 0.0793. The Balaban J connectivity index is 0.000000204. The highest BCUT2D eigenvalue weighted by molar-refractivity contribution is 7.09. The molecule has 0 spiro atoms. The summed E-state index contributed by atoms with van der Waals surface area (Å²) < 4.78 is 14.7. The van der Waals surface area contributed by atoms with Gasteiger partial charge in [0.25, 0.3) is 0 Å². The molecule has 0 fully saturated rings. The van der Waals surface area contributed by atoms with Gasteiger partial charge in [0.2, 0.25) is 0 Å². The number of Topliss-reactive ketones (excluding diaryl/α,β-unsaturated/α-hetero) is 3. The molecular formula is C97H109N9O6S. The molecule has 0 unspecified atom stereocenters. The van der Waals surface area contributed by atoms with E-state index < -0.39 is 0 Å². The lowest BCUT2D eigenvalue weighted by molar-refractivity contribution is -0.118. The van der Waals surface area contributed by atoms with Crippen LogP contribution in [0.1, 0.15) is 151 Å².